The molecule has 1 aliphatic rings. The normalized spacial score (nSPS) is 16.1. The summed E-state index contributed by atoms with van der Waals surface area (Å²) >= 11 is 0. The fraction of sp³-hybridized carbons (Fsp3) is 0.650. The first-order chi connectivity index (χ1) is 12.7. The van der Waals surface area contributed by atoms with Gasteiger partial charge in [0.05, 0.1) is 13.2 Å². The van der Waals surface area contributed by atoms with Crippen LogP contribution in [0.1, 0.15) is 45.4 Å². The Morgan fingerprint density at radius 2 is 2.04 bits per heavy atom. The average Bonchev–Trinajstić information content (AvgIpc) is 2.66. The van der Waals surface area contributed by atoms with E-state index < -0.39 is 6.09 Å². The van der Waals surface area contributed by atoms with Gasteiger partial charge in [0, 0.05) is 32.0 Å². The van der Waals surface area contributed by atoms with Crippen molar-refractivity contribution in [2.24, 2.45) is 0 Å². The van der Waals surface area contributed by atoms with E-state index in [1.807, 2.05) is 24.3 Å². The molecule has 1 aromatic carbocycles. The van der Waals surface area contributed by atoms with Gasteiger partial charge in [-0.3, -0.25) is 10.2 Å². The minimum Gasteiger partial charge on any atom is -0.494 e. The number of hydrogen-bond acceptors (Lipinski definition) is 5. The fourth-order valence-electron chi connectivity index (χ4n) is 3.04. The molecule has 2 rings (SSSR count). The number of hydrogen-bond donors (Lipinski definition) is 1. The monoisotopic (exact) mass is 364 g/mol. The summed E-state index contributed by atoms with van der Waals surface area (Å²) in [5.74, 6) is 0.753. The maximum absolute atomic E-state index is 12.3. The van der Waals surface area contributed by atoms with E-state index in [1.54, 1.807) is 7.11 Å². The number of anilines is 1. The highest BCUT2D eigenvalue weighted by atomic mass is 16.6. The molecule has 0 aliphatic carbocycles. The van der Waals surface area contributed by atoms with Crippen molar-refractivity contribution in [3.63, 3.8) is 0 Å². The second kappa shape index (κ2) is 11.8. The number of rotatable bonds is 10. The van der Waals surface area contributed by atoms with Crippen LogP contribution in [0.3, 0.4) is 0 Å². The van der Waals surface area contributed by atoms with Crippen LogP contribution in [0.4, 0.5) is 10.5 Å². The van der Waals surface area contributed by atoms with E-state index >= 15 is 0 Å². The molecule has 6 heteroatoms. The van der Waals surface area contributed by atoms with E-state index in [0.29, 0.717) is 18.9 Å². The van der Waals surface area contributed by atoms with Gasteiger partial charge in [0.25, 0.3) is 0 Å². The number of nitrogens with one attached hydrogen (secondary N) is 1. The highest BCUT2D eigenvalue weighted by Gasteiger charge is 2.24. The van der Waals surface area contributed by atoms with Crippen LogP contribution in [0.2, 0.25) is 0 Å². The molecule has 1 aromatic rings. The van der Waals surface area contributed by atoms with Gasteiger partial charge in [0.2, 0.25) is 0 Å². The molecule has 0 radical (unpaired) electrons. The van der Waals surface area contributed by atoms with Gasteiger partial charge in [-0.2, -0.15) is 0 Å². The third-order valence-electron chi connectivity index (χ3n) is 4.45. The molecular weight excluding hydrogens is 332 g/mol. The summed E-state index contributed by atoms with van der Waals surface area (Å²) in [7, 11) is 1.62. The first-order valence-electron chi connectivity index (χ1n) is 9.66. The number of unbranched alkanes of at least 4 members (excludes halogenated alkanes) is 2. The van der Waals surface area contributed by atoms with Gasteiger partial charge in [-0.1, -0.05) is 32.3 Å². The molecule has 26 heavy (non-hydrogen) atoms. The summed E-state index contributed by atoms with van der Waals surface area (Å²) in [5, 5.41) is 2.79. The predicted octanol–water partition coefficient (Wildman–Crippen LogP) is 4.26. The summed E-state index contributed by atoms with van der Waals surface area (Å²) in [6.45, 7) is 5.09. The Kier molecular flexibility index (Phi) is 9.28. The van der Waals surface area contributed by atoms with Crippen molar-refractivity contribution in [1.82, 2.24) is 4.90 Å². The summed E-state index contributed by atoms with van der Waals surface area (Å²) < 4.78 is 16.5. The van der Waals surface area contributed by atoms with Gasteiger partial charge >= 0.3 is 6.09 Å². The third kappa shape index (κ3) is 7.22. The number of amides is 1. The molecule has 0 aromatic heterocycles. The Morgan fingerprint density at radius 3 is 2.77 bits per heavy atom. The zero-order valence-corrected chi connectivity index (χ0v) is 16.0. The molecule has 146 valence electrons. The smallest absolute Gasteiger partial charge is 0.413 e. The Labute approximate surface area is 156 Å². The number of nitrogens with zero attached hydrogens (tertiary/aromatic N) is 1. The van der Waals surface area contributed by atoms with Crippen LogP contribution in [0, 0.1) is 0 Å². The molecule has 1 aliphatic heterocycles. The molecule has 1 fully saturated rings. The molecule has 1 unspecified atom stereocenters. The van der Waals surface area contributed by atoms with Gasteiger partial charge in [0.1, 0.15) is 5.75 Å². The minimum atomic E-state index is -0.472. The number of ether oxygens (including phenoxy) is 3. The zero-order chi connectivity index (χ0) is 18.6. The van der Waals surface area contributed by atoms with E-state index in [4.69, 9.17) is 14.2 Å². The SMILES string of the molecule is CCCCCOc1cccc(NC(=O)OC(COC)N2CCCCC2)c1. The van der Waals surface area contributed by atoms with Crippen molar-refractivity contribution in [3.05, 3.63) is 24.3 Å². The van der Waals surface area contributed by atoms with E-state index in [-0.39, 0.29) is 6.23 Å². The fourth-order valence-corrected chi connectivity index (χ4v) is 3.04. The van der Waals surface area contributed by atoms with Crippen molar-refractivity contribution in [3.8, 4) is 5.75 Å². The van der Waals surface area contributed by atoms with E-state index in [1.165, 1.54) is 6.42 Å². The number of methoxy groups -OCH3 is 1. The average molecular weight is 364 g/mol. The molecule has 0 bridgehead atoms. The first kappa shape index (κ1) is 20.5. The lowest BCUT2D eigenvalue weighted by Gasteiger charge is -2.33. The van der Waals surface area contributed by atoms with Gasteiger partial charge < -0.3 is 14.2 Å². The lowest BCUT2D eigenvalue weighted by Crippen LogP contribution is -2.45. The Balaban J connectivity index is 1.85. The zero-order valence-electron chi connectivity index (χ0n) is 16.0. The largest absolute Gasteiger partial charge is 0.494 e. The topological polar surface area (TPSA) is 60.0 Å². The first-order valence-corrected chi connectivity index (χ1v) is 9.66. The lowest BCUT2D eigenvalue weighted by atomic mass is 10.1. The maximum Gasteiger partial charge on any atom is 0.413 e. The quantitative estimate of drug-likeness (QED) is 0.629. The lowest BCUT2D eigenvalue weighted by molar-refractivity contribution is -0.0586. The van der Waals surface area contributed by atoms with Crippen LogP contribution in [0.25, 0.3) is 0 Å². The number of likely N-dealkylation sites (tertiary alicyclic amines) is 1. The van der Waals surface area contributed by atoms with Crippen LogP contribution in [-0.4, -0.2) is 50.6 Å². The standard InChI is InChI=1S/C20H32N2O4/c1-3-4-8-14-25-18-11-9-10-17(15-18)21-20(23)26-19(16-24-2)22-12-6-5-7-13-22/h9-11,15,19H,3-8,12-14,16H2,1-2H3,(H,21,23). The number of benzene rings is 1. The van der Waals surface area contributed by atoms with Crippen LogP contribution in [0.5, 0.6) is 5.75 Å². The Morgan fingerprint density at radius 1 is 1.23 bits per heavy atom. The van der Waals surface area contributed by atoms with Crippen LogP contribution < -0.4 is 10.1 Å². The molecule has 0 saturated carbocycles. The second-order valence-electron chi connectivity index (χ2n) is 6.62. The molecule has 1 atom stereocenters. The molecule has 0 spiro atoms. The molecular formula is C20H32N2O4. The highest BCUT2D eigenvalue weighted by molar-refractivity contribution is 5.84. The van der Waals surface area contributed by atoms with Crippen molar-refractivity contribution in [2.45, 2.75) is 51.7 Å². The summed E-state index contributed by atoms with van der Waals surface area (Å²) in [4.78, 5) is 14.5. The van der Waals surface area contributed by atoms with Gasteiger partial charge in [-0.05, 0) is 31.4 Å². The third-order valence-corrected chi connectivity index (χ3v) is 4.45. The minimum absolute atomic E-state index is 0.353. The highest BCUT2D eigenvalue weighted by Crippen LogP contribution is 2.19. The molecule has 1 heterocycles. The maximum atomic E-state index is 12.3. The van der Waals surface area contributed by atoms with Crippen LogP contribution in [0.15, 0.2) is 24.3 Å². The number of piperidine rings is 1. The van der Waals surface area contributed by atoms with Gasteiger partial charge in [-0.15, -0.1) is 0 Å². The van der Waals surface area contributed by atoms with E-state index in [0.717, 1.165) is 50.9 Å². The van der Waals surface area contributed by atoms with Crippen molar-refractivity contribution >= 4 is 11.8 Å². The second-order valence-corrected chi connectivity index (χ2v) is 6.62. The Bertz CT molecular complexity index is 532. The van der Waals surface area contributed by atoms with E-state index in [2.05, 4.69) is 17.1 Å². The van der Waals surface area contributed by atoms with Crippen LogP contribution >= 0.6 is 0 Å². The molecule has 1 N–H and O–H groups in total. The summed E-state index contributed by atoms with van der Waals surface area (Å²) in [5.41, 5.74) is 0.665. The van der Waals surface area contributed by atoms with Crippen molar-refractivity contribution in [1.29, 1.82) is 0 Å². The van der Waals surface area contributed by atoms with Crippen molar-refractivity contribution < 1.29 is 19.0 Å². The number of carbonyl (C=O) groups excluding carboxylic acids is 1. The summed E-state index contributed by atoms with van der Waals surface area (Å²) in [6.07, 6.45) is 6.01. The van der Waals surface area contributed by atoms with E-state index in [9.17, 15) is 4.79 Å². The molecule has 6 nitrogen and oxygen atoms in total. The summed E-state index contributed by atoms with van der Waals surface area (Å²) in [6, 6.07) is 7.40. The van der Waals surface area contributed by atoms with Gasteiger partial charge in [-0.25, -0.2) is 4.79 Å². The molecule has 1 saturated heterocycles. The van der Waals surface area contributed by atoms with Crippen molar-refractivity contribution in [2.75, 3.05) is 38.7 Å². The Hall–Kier alpha value is -1.79. The van der Waals surface area contributed by atoms with Gasteiger partial charge in [0.15, 0.2) is 6.23 Å². The number of carbonyl (C=O) groups is 1. The predicted molar refractivity (Wildman–Crippen MR) is 103 cm³/mol. The molecule has 1 amide bonds. The van der Waals surface area contributed by atoms with Crippen LogP contribution in [-0.2, 0) is 9.47 Å².